The van der Waals surface area contributed by atoms with Gasteiger partial charge in [-0.25, -0.2) is 13.2 Å². The third-order valence-electron chi connectivity index (χ3n) is 4.26. The van der Waals surface area contributed by atoms with Gasteiger partial charge in [0.15, 0.2) is 17.8 Å². The van der Waals surface area contributed by atoms with E-state index in [0.717, 1.165) is 12.1 Å². The number of ether oxygens (including phenoxy) is 3. The van der Waals surface area contributed by atoms with Crippen molar-refractivity contribution in [2.45, 2.75) is 13.0 Å². The number of hydrogen-bond donors (Lipinski definition) is 0. The summed E-state index contributed by atoms with van der Waals surface area (Å²) in [6.45, 7) is 2.20. The summed E-state index contributed by atoms with van der Waals surface area (Å²) >= 11 is 0. The van der Waals surface area contributed by atoms with Crippen molar-refractivity contribution in [3.8, 4) is 28.4 Å². The zero-order chi connectivity index (χ0) is 24.2. The summed E-state index contributed by atoms with van der Waals surface area (Å²) in [4.78, 5) is 0. The summed E-state index contributed by atoms with van der Waals surface area (Å²) in [6.07, 6.45) is -6.82. The molecule has 0 saturated heterocycles. The lowest BCUT2D eigenvalue weighted by atomic mass is 10.0. The third-order valence-corrected chi connectivity index (χ3v) is 4.26. The fraction of sp³-hybridized carbons (Fsp3) is 0.130. The first-order valence-corrected chi connectivity index (χ1v) is 9.37. The molecule has 174 valence electrons. The van der Waals surface area contributed by atoms with E-state index in [0.29, 0.717) is 36.1 Å². The van der Waals surface area contributed by atoms with E-state index in [1.54, 1.807) is 19.1 Å². The molecule has 0 N–H and O–H groups in total. The Hall–Kier alpha value is -3.69. The first-order valence-electron chi connectivity index (χ1n) is 9.37. The molecule has 0 heterocycles. The fourth-order valence-corrected chi connectivity index (χ4v) is 2.88. The van der Waals surface area contributed by atoms with Crippen molar-refractivity contribution in [2.24, 2.45) is 0 Å². The Morgan fingerprint density at radius 3 is 1.97 bits per heavy atom. The smallest absolute Gasteiger partial charge is 0.432 e. The van der Waals surface area contributed by atoms with E-state index >= 15 is 0 Å². The van der Waals surface area contributed by atoms with Gasteiger partial charge in [0.25, 0.3) is 0 Å². The summed E-state index contributed by atoms with van der Waals surface area (Å²) in [5.41, 5.74) is -1.34. The van der Waals surface area contributed by atoms with E-state index < -0.39 is 46.7 Å². The van der Waals surface area contributed by atoms with Crippen LogP contribution in [-0.2, 0) is 6.11 Å². The molecule has 3 rings (SSSR count). The quantitative estimate of drug-likeness (QED) is 0.252. The zero-order valence-electron chi connectivity index (χ0n) is 16.9. The van der Waals surface area contributed by atoms with E-state index in [4.69, 9.17) is 4.74 Å². The molecule has 0 fully saturated rings. The van der Waals surface area contributed by atoms with Gasteiger partial charge >= 0.3 is 12.2 Å². The van der Waals surface area contributed by atoms with Crippen LogP contribution in [0.5, 0.6) is 17.2 Å². The summed E-state index contributed by atoms with van der Waals surface area (Å²) in [5, 5.41) is 0. The van der Waals surface area contributed by atoms with Crippen LogP contribution in [0.2, 0.25) is 0 Å². The van der Waals surface area contributed by atoms with Crippen molar-refractivity contribution in [3.63, 3.8) is 0 Å². The summed E-state index contributed by atoms with van der Waals surface area (Å²) < 4.78 is 110. The molecule has 0 aliphatic carbocycles. The lowest BCUT2D eigenvalue weighted by Crippen LogP contribution is -2.25. The van der Waals surface area contributed by atoms with Crippen LogP contribution in [0.1, 0.15) is 12.5 Å². The van der Waals surface area contributed by atoms with Crippen LogP contribution in [0.15, 0.2) is 66.9 Å². The molecule has 0 aliphatic rings. The van der Waals surface area contributed by atoms with Crippen LogP contribution < -0.4 is 14.2 Å². The summed E-state index contributed by atoms with van der Waals surface area (Å²) in [5.74, 6) is -5.49. The SMILES string of the molecule is CCOc1ccc(-c2cc(F)c(C(F)(F)Oc3ccc(OC=C(F)F)c(F)c3)c(F)c2)cc1. The van der Waals surface area contributed by atoms with Gasteiger partial charge in [0.1, 0.15) is 28.7 Å². The van der Waals surface area contributed by atoms with Gasteiger partial charge < -0.3 is 14.2 Å². The molecule has 3 aromatic carbocycles. The van der Waals surface area contributed by atoms with Crippen LogP contribution >= 0.6 is 0 Å². The van der Waals surface area contributed by atoms with Gasteiger partial charge in [-0.15, -0.1) is 0 Å². The molecule has 0 aliphatic heterocycles. The van der Waals surface area contributed by atoms with Crippen LogP contribution in [0, 0.1) is 17.5 Å². The molecule has 10 heteroatoms. The Morgan fingerprint density at radius 1 is 0.818 bits per heavy atom. The number of alkyl halides is 2. The zero-order valence-corrected chi connectivity index (χ0v) is 16.9. The fourth-order valence-electron chi connectivity index (χ4n) is 2.88. The molecule has 0 saturated carbocycles. The Bertz CT molecular complexity index is 1130. The number of halogens is 7. The second-order valence-electron chi connectivity index (χ2n) is 6.51. The highest BCUT2D eigenvalue weighted by Crippen LogP contribution is 2.38. The maximum absolute atomic E-state index is 14.5. The first-order chi connectivity index (χ1) is 15.6. The van der Waals surface area contributed by atoms with E-state index in [1.165, 1.54) is 12.1 Å². The lowest BCUT2D eigenvalue weighted by Gasteiger charge is -2.20. The van der Waals surface area contributed by atoms with Gasteiger partial charge in [0, 0.05) is 6.07 Å². The van der Waals surface area contributed by atoms with E-state index in [9.17, 15) is 30.7 Å². The van der Waals surface area contributed by atoms with Gasteiger partial charge in [-0.2, -0.15) is 17.6 Å². The molecule has 3 nitrogen and oxygen atoms in total. The van der Waals surface area contributed by atoms with Gasteiger partial charge in [0.2, 0.25) is 0 Å². The molecular weight excluding hydrogens is 457 g/mol. The molecule has 0 radical (unpaired) electrons. The maximum Gasteiger partial charge on any atom is 0.432 e. The molecule has 0 amide bonds. The Balaban J connectivity index is 1.86. The molecule has 0 atom stereocenters. The standard InChI is InChI=1S/C23H15F7O3/c1-2-31-15-5-3-13(4-6-15)14-9-18(25)22(19(26)10-14)23(29,30)33-16-7-8-20(17(24)11-16)32-12-21(27)28/h3-12H,2H2,1H3. The van der Waals surface area contributed by atoms with Gasteiger partial charge in [0.05, 0.1) is 6.61 Å². The predicted octanol–water partition coefficient (Wildman–Crippen LogP) is 7.41. The highest BCUT2D eigenvalue weighted by molar-refractivity contribution is 5.65. The van der Waals surface area contributed by atoms with Crippen LogP contribution in [0.25, 0.3) is 11.1 Å². The predicted molar refractivity (Wildman–Crippen MR) is 105 cm³/mol. The average Bonchev–Trinajstić information content (AvgIpc) is 2.72. The lowest BCUT2D eigenvalue weighted by molar-refractivity contribution is -0.189. The molecule has 3 aromatic rings. The van der Waals surface area contributed by atoms with Crippen LogP contribution in [0.3, 0.4) is 0 Å². The number of benzene rings is 3. The summed E-state index contributed by atoms with van der Waals surface area (Å²) in [6, 6.07) is 9.44. The molecule has 0 bridgehead atoms. The van der Waals surface area contributed by atoms with Crippen molar-refractivity contribution in [2.75, 3.05) is 6.61 Å². The second kappa shape index (κ2) is 9.85. The van der Waals surface area contributed by atoms with Crippen molar-refractivity contribution >= 4 is 0 Å². The van der Waals surface area contributed by atoms with E-state index in [2.05, 4.69) is 9.47 Å². The van der Waals surface area contributed by atoms with Gasteiger partial charge in [-0.3, -0.25) is 0 Å². The average molecular weight is 472 g/mol. The Kier molecular flexibility index (Phi) is 7.15. The minimum absolute atomic E-state index is 0.00621. The highest BCUT2D eigenvalue weighted by Gasteiger charge is 2.41. The molecule has 0 unspecified atom stereocenters. The van der Waals surface area contributed by atoms with Gasteiger partial charge in [-0.05, 0) is 54.4 Å². The first kappa shape index (κ1) is 24.0. The summed E-state index contributed by atoms with van der Waals surface area (Å²) in [7, 11) is 0. The van der Waals surface area contributed by atoms with Crippen molar-refractivity contribution in [1.82, 2.24) is 0 Å². The normalized spacial score (nSPS) is 11.2. The topological polar surface area (TPSA) is 27.7 Å². The monoisotopic (exact) mass is 472 g/mol. The second-order valence-corrected chi connectivity index (χ2v) is 6.51. The van der Waals surface area contributed by atoms with Crippen molar-refractivity contribution in [3.05, 3.63) is 90.0 Å². The Labute approximate surface area is 183 Å². The minimum Gasteiger partial charge on any atom is -0.494 e. The van der Waals surface area contributed by atoms with E-state index in [-0.39, 0.29) is 11.8 Å². The molecule has 0 aromatic heterocycles. The van der Waals surface area contributed by atoms with Crippen molar-refractivity contribution < 1.29 is 44.9 Å². The van der Waals surface area contributed by atoms with E-state index in [1.807, 2.05) is 0 Å². The number of rotatable bonds is 8. The molecular formula is C23H15F7O3. The van der Waals surface area contributed by atoms with Gasteiger partial charge in [-0.1, -0.05) is 12.1 Å². The van der Waals surface area contributed by atoms with Crippen LogP contribution in [-0.4, -0.2) is 6.61 Å². The number of hydrogen-bond acceptors (Lipinski definition) is 3. The maximum atomic E-state index is 14.5. The third kappa shape index (κ3) is 5.76. The molecule has 33 heavy (non-hydrogen) atoms. The van der Waals surface area contributed by atoms with Crippen LogP contribution in [0.4, 0.5) is 30.7 Å². The largest absolute Gasteiger partial charge is 0.494 e. The Morgan fingerprint density at radius 2 is 1.42 bits per heavy atom. The molecule has 0 spiro atoms. The van der Waals surface area contributed by atoms with Crippen molar-refractivity contribution in [1.29, 1.82) is 0 Å². The highest BCUT2D eigenvalue weighted by atomic mass is 19.3. The minimum atomic E-state index is -4.52.